The molecule has 0 aliphatic heterocycles. The highest BCUT2D eigenvalue weighted by Gasteiger charge is 1.75. The molecule has 22 valence electrons. The molecule has 0 aliphatic carbocycles. The Labute approximate surface area is 35.6 Å². The first kappa shape index (κ1) is 4.35. The van der Waals surface area contributed by atoms with Crippen LogP contribution in [0.3, 0.4) is 0 Å². The number of thioether (sulfide) groups is 1. The number of hydrogen-bond donors (Lipinski definition) is 0. The summed E-state index contributed by atoms with van der Waals surface area (Å²) >= 11 is 5.69. The molecule has 0 aliphatic rings. The van der Waals surface area contributed by atoms with Gasteiger partial charge in [-0.15, -0.1) is 0 Å². The molecule has 0 atom stereocenters. The zero-order valence-electron chi connectivity index (χ0n) is 2.32. The van der Waals surface area contributed by atoms with Crippen molar-refractivity contribution in [3.63, 3.8) is 0 Å². The molecule has 4 heavy (non-hydrogen) atoms. The molecule has 0 nitrogen and oxygen atoms in total. The van der Waals surface area contributed by atoms with Gasteiger partial charge in [-0.3, -0.25) is 0 Å². The van der Waals surface area contributed by atoms with E-state index in [1.54, 1.807) is 0 Å². The highest BCUT2D eigenvalue weighted by atomic mass is 32.2. The van der Waals surface area contributed by atoms with E-state index in [4.69, 9.17) is 0 Å². The van der Waals surface area contributed by atoms with E-state index in [-0.39, 0.29) is 0 Å². The lowest BCUT2D eigenvalue weighted by molar-refractivity contribution is 2.54. The molecule has 0 rings (SSSR count). The van der Waals surface area contributed by atoms with Crippen molar-refractivity contribution in [2.75, 3.05) is 6.26 Å². The van der Waals surface area contributed by atoms with Crippen LogP contribution in [0.5, 0.6) is 0 Å². The Hall–Kier alpha value is 0.350. The Bertz CT molecular complexity index is 18.0. The molecule has 0 N–H and O–H groups in total. The summed E-state index contributed by atoms with van der Waals surface area (Å²) in [6.45, 7) is 0. The minimum atomic E-state index is 1.42. The summed E-state index contributed by atoms with van der Waals surface area (Å²) in [5, 5.41) is 0. The number of hydrogen-bond acceptors (Lipinski definition) is 2. The summed E-state index contributed by atoms with van der Waals surface area (Å²) in [5.41, 5.74) is 0. The fraction of sp³-hybridized carbons (Fsp3) is 0.500. The largest absolute Gasteiger partial charge is 0.404 e. The van der Waals surface area contributed by atoms with E-state index in [1.165, 1.54) is 11.8 Å². The predicted molar refractivity (Wildman–Crippen MR) is 26.1 cm³/mol. The molecule has 2 heteroatoms. The fourth-order valence-electron chi connectivity index (χ4n) is 0. The predicted octanol–water partition coefficient (Wildman–Crippen LogP) is 1.18. The van der Waals surface area contributed by atoms with E-state index in [1.807, 2.05) is 6.26 Å². The summed E-state index contributed by atoms with van der Waals surface area (Å²) < 4.78 is 2.43. The standard InChI is InChI=1S/C2H3S2/c1-4-2-3/h1H3/q+1. The molecule has 0 spiro atoms. The van der Waals surface area contributed by atoms with Gasteiger partial charge in [0.05, 0.1) is 0 Å². The highest BCUT2D eigenvalue weighted by Crippen LogP contribution is 1.78. The average Bonchev–Trinajstić information content (AvgIpc) is 1.37. The van der Waals surface area contributed by atoms with Crippen molar-refractivity contribution in [2.24, 2.45) is 0 Å². The van der Waals surface area contributed by atoms with Crippen LogP contribution in [0.15, 0.2) is 0 Å². The summed E-state index contributed by atoms with van der Waals surface area (Å²) in [6.07, 6.45) is 1.88. The van der Waals surface area contributed by atoms with Crippen LogP contribution >= 0.6 is 24.0 Å². The van der Waals surface area contributed by atoms with Crippen LogP contribution in [0.2, 0.25) is 0 Å². The maximum absolute atomic E-state index is 4.27. The zero-order valence-corrected chi connectivity index (χ0v) is 3.95. The van der Waals surface area contributed by atoms with E-state index in [0.29, 0.717) is 0 Å². The Kier molecular flexibility index (Phi) is 3.64. The SMILES string of the molecule is CS[C+]=S. The van der Waals surface area contributed by atoms with Gasteiger partial charge in [-0.25, -0.2) is 0 Å². The van der Waals surface area contributed by atoms with Crippen molar-refractivity contribution in [1.29, 1.82) is 0 Å². The molecule has 0 bridgehead atoms. The molecular weight excluding hydrogens is 88.2 g/mol. The van der Waals surface area contributed by atoms with E-state index >= 15 is 0 Å². The molecule has 0 aromatic heterocycles. The first-order valence-corrected chi connectivity index (χ1v) is 2.45. The molecule has 0 radical (unpaired) electrons. The van der Waals surface area contributed by atoms with E-state index in [0.717, 1.165) is 0 Å². The third-order valence-electron chi connectivity index (χ3n) is 0.0833. The minimum absolute atomic E-state index is 1.42. The molecule has 0 heterocycles. The molecule has 0 saturated carbocycles. The third kappa shape index (κ3) is 2.35. The smallest absolute Gasteiger partial charge is 0.0387 e. The second kappa shape index (κ2) is 3.35. The van der Waals surface area contributed by atoms with Gasteiger partial charge in [0.1, 0.15) is 0 Å². The van der Waals surface area contributed by atoms with Gasteiger partial charge in [-0.05, 0) is 0 Å². The molecule has 0 aromatic rings. The zero-order chi connectivity index (χ0) is 3.41. The second-order valence-corrected chi connectivity index (χ2v) is 1.36. The van der Waals surface area contributed by atoms with E-state index in [2.05, 4.69) is 16.9 Å². The van der Waals surface area contributed by atoms with Crippen LogP contribution in [-0.4, -0.2) is 11.0 Å². The summed E-state index contributed by atoms with van der Waals surface area (Å²) in [4.78, 5) is 0. The average molecular weight is 91.2 g/mol. The fourth-order valence-corrected chi connectivity index (χ4v) is 0. The van der Waals surface area contributed by atoms with Gasteiger partial charge in [0.15, 0.2) is 11.8 Å². The van der Waals surface area contributed by atoms with Crippen LogP contribution in [0, 0.1) is 0 Å². The summed E-state index contributed by atoms with van der Waals surface area (Å²) in [7, 11) is 0. The Balaban J connectivity index is 2.30. The summed E-state index contributed by atoms with van der Waals surface area (Å²) in [5.74, 6) is 0. The second-order valence-electron chi connectivity index (χ2n) is 0.287. The van der Waals surface area contributed by atoms with E-state index < -0.39 is 0 Å². The molecule has 0 fully saturated rings. The number of thiocarbonyl (C=S) groups is 1. The van der Waals surface area contributed by atoms with Crippen LogP contribution in [0.4, 0.5) is 0 Å². The highest BCUT2D eigenvalue weighted by molar-refractivity contribution is 8.20. The molecular formula is C2H3S2+. The molecule has 0 amide bonds. The monoisotopic (exact) mass is 91.0 g/mol. The maximum Gasteiger partial charge on any atom is 0.404 e. The van der Waals surface area contributed by atoms with Crippen LogP contribution in [0.25, 0.3) is 0 Å². The van der Waals surface area contributed by atoms with Crippen molar-refractivity contribution in [3.05, 3.63) is 0 Å². The van der Waals surface area contributed by atoms with Crippen molar-refractivity contribution in [3.8, 4) is 0 Å². The lowest BCUT2D eigenvalue weighted by Gasteiger charge is -1.30. The van der Waals surface area contributed by atoms with Gasteiger partial charge in [-0.2, -0.15) is 0 Å². The van der Waals surface area contributed by atoms with Crippen LogP contribution in [0.1, 0.15) is 0 Å². The Morgan fingerprint density at radius 1 is 2.00 bits per heavy atom. The molecule has 0 unspecified atom stereocenters. The Morgan fingerprint density at radius 3 is 2.25 bits per heavy atom. The lowest BCUT2D eigenvalue weighted by atomic mass is 11.9. The Morgan fingerprint density at radius 2 is 2.25 bits per heavy atom. The first-order valence-electron chi connectivity index (χ1n) is 0.816. The van der Waals surface area contributed by atoms with Crippen molar-refractivity contribution in [1.82, 2.24) is 0 Å². The van der Waals surface area contributed by atoms with Gasteiger partial charge in [0.2, 0.25) is 0 Å². The van der Waals surface area contributed by atoms with E-state index in [9.17, 15) is 0 Å². The van der Waals surface area contributed by atoms with Gasteiger partial charge >= 0.3 is 4.70 Å². The third-order valence-corrected chi connectivity index (χ3v) is 0.750. The minimum Gasteiger partial charge on any atom is 0.0387 e. The van der Waals surface area contributed by atoms with Gasteiger partial charge < -0.3 is 0 Å². The van der Waals surface area contributed by atoms with Gasteiger partial charge in [0, 0.05) is 6.26 Å². The van der Waals surface area contributed by atoms with Crippen molar-refractivity contribution in [2.45, 2.75) is 0 Å². The van der Waals surface area contributed by atoms with Crippen molar-refractivity contribution >= 4 is 28.7 Å². The van der Waals surface area contributed by atoms with Gasteiger partial charge in [-0.1, -0.05) is 0 Å². The summed E-state index contributed by atoms with van der Waals surface area (Å²) in [6, 6.07) is 0. The van der Waals surface area contributed by atoms with Crippen molar-refractivity contribution < 1.29 is 0 Å². The molecule has 0 saturated heterocycles. The first-order chi connectivity index (χ1) is 1.91. The quantitative estimate of drug-likeness (QED) is 0.351. The normalized spacial score (nSPS) is 5.25. The van der Waals surface area contributed by atoms with Crippen LogP contribution in [-0.2, 0) is 0 Å². The lowest BCUT2D eigenvalue weighted by Crippen LogP contribution is -1.38. The van der Waals surface area contributed by atoms with Crippen LogP contribution < -0.4 is 0 Å². The topological polar surface area (TPSA) is 0 Å². The van der Waals surface area contributed by atoms with Gasteiger partial charge in [0.25, 0.3) is 12.2 Å². The maximum atomic E-state index is 4.27. The number of rotatable bonds is 1. The molecule has 0 aromatic carbocycles.